The fourth-order valence-electron chi connectivity index (χ4n) is 0.222. The number of alkyl halides is 1. The molecule has 7 heteroatoms. The Morgan fingerprint density at radius 1 is 1.18 bits per heavy atom. The van der Waals surface area contributed by atoms with Gasteiger partial charge in [0.25, 0.3) is 0 Å². The van der Waals surface area contributed by atoms with Gasteiger partial charge in [0.2, 0.25) is 0 Å². The van der Waals surface area contributed by atoms with Crippen molar-refractivity contribution in [1.29, 1.82) is 0 Å². The maximum absolute atomic E-state index is 11.3. The maximum Gasteiger partial charge on any atom is 1.00 e. The molecule has 0 radical (unpaired) electrons. The number of aliphatic carboxylic acids is 2. The third kappa shape index (κ3) is 6.46. The first-order valence-corrected chi connectivity index (χ1v) is 2.07. The van der Waals surface area contributed by atoms with Crippen LogP contribution in [0.1, 0.15) is 0 Å². The molecule has 0 N–H and O–H groups in total. The Bertz CT molecular complexity index is 126. The zero-order valence-electron chi connectivity index (χ0n) is 6.30. The van der Waals surface area contributed by atoms with Gasteiger partial charge in [-0.1, -0.05) is 0 Å². The minimum atomic E-state index is -2.13. The van der Waals surface area contributed by atoms with E-state index in [-0.39, 0.29) is 37.7 Å². The first kappa shape index (κ1) is 17.2. The van der Waals surface area contributed by atoms with E-state index in [1.165, 1.54) is 0 Å². The van der Waals surface area contributed by atoms with Gasteiger partial charge < -0.3 is 19.8 Å². The van der Waals surface area contributed by atoms with Crippen LogP contribution in [-0.4, -0.2) is 18.6 Å². The summed E-state index contributed by atoms with van der Waals surface area (Å²) >= 11 is 0. The monoisotopic (exact) mass is 148 g/mol. The van der Waals surface area contributed by atoms with Gasteiger partial charge in [0.15, 0.2) is 0 Å². The van der Waals surface area contributed by atoms with Gasteiger partial charge in [-0.3, -0.25) is 0 Å². The number of carbonyl (C=O) groups excluding carboxylic acids is 2. The van der Waals surface area contributed by atoms with Crippen LogP contribution in [0.4, 0.5) is 4.39 Å². The van der Waals surface area contributed by atoms with Gasteiger partial charge in [-0.2, -0.15) is 0 Å². The van der Waals surface area contributed by atoms with Gasteiger partial charge in [0.05, 0.1) is 17.9 Å². The second-order valence-corrected chi connectivity index (χ2v) is 1.34. The Kier molecular flexibility index (Phi) is 12.8. The van der Waals surface area contributed by atoms with E-state index in [0.717, 1.165) is 0 Å². The molecule has 0 saturated heterocycles. The number of hydrogen-bond acceptors (Lipinski definition) is 4. The largest absolute Gasteiger partial charge is 1.00 e. The van der Waals surface area contributed by atoms with E-state index in [9.17, 15) is 24.2 Å². The molecule has 0 bridgehead atoms. The molecule has 0 aliphatic rings. The fraction of sp³-hybridized carbons (Fsp3) is 0.500. The first-order chi connectivity index (χ1) is 4.09. The van der Waals surface area contributed by atoms with Crippen LogP contribution in [0.2, 0.25) is 0 Å². The molecule has 0 aromatic heterocycles. The molecular formula is C4H3FLi2O4. The summed E-state index contributed by atoms with van der Waals surface area (Å²) < 4.78 is 11.3. The molecule has 0 atom stereocenters. The summed E-state index contributed by atoms with van der Waals surface area (Å²) in [6.45, 7) is -1.50. The number of carboxylic acids is 2. The normalized spacial score (nSPS) is 7.82. The zero-order valence-corrected chi connectivity index (χ0v) is 6.30. The van der Waals surface area contributed by atoms with Crippen molar-refractivity contribution in [2.45, 2.75) is 0 Å². The van der Waals surface area contributed by atoms with Crippen molar-refractivity contribution in [3.63, 3.8) is 0 Å². The number of carboxylic acid groups (broad SMARTS) is 2. The van der Waals surface area contributed by atoms with Gasteiger partial charge in [-0.15, -0.1) is 0 Å². The Morgan fingerprint density at radius 3 is 1.45 bits per heavy atom. The average molecular weight is 148 g/mol. The van der Waals surface area contributed by atoms with E-state index in [4.69, 9.17) is 0 Å². The summed E-state index contributed by atoms with van der Waals surface area (Å²) in [4.78, 5) is 19.2. The van der Waals surface area contributed by atoms with Gasteiger partial charge in [0, 0.05) is 0 Å². The second kappa shape index (κ2) is 8.16. The van der Waals surface area contributed by atoms with Crippen molar-refractivity contribution in [3.05, 3.63) is 0 Å². The van der Waals surface area contributed by atoms with E-state index in [1.807, 2.05) is 0 Å². The molecule has 0 rings (SSSR count). The average Bonchev–Trinajstić information content (AvgIpc) is 1.64. The molecule has 0 heterocycles. The predicted molar refractivity (Wildman–Crippen MR) is 19.5 cm³/mol. The Balaban J connectivity index is -0.000000320. The van der Waals surface area contributed by atoms with E-state index in [0.29, 0.717) is 0 Å². The molecule has 0 aromatic rings. The quantitative estimate of drug-likeness (QED) is 0.294. The zero-order chi connectivity index (χ0) is 7.44. The van der Waals surface area contributed by atoms with Crippen molar-refractivity contribution >= 4 is 11.9 Å². The van der Waals surface area contributed by atoms with Crippen molar-refractivity contribution in [3.8, 4) is 0 Å². The van der Waals surface area contributed by atoms with Crippen LogP contribution < -0.4 is 47.9 Å². The summed E-state index contributed by atoms with van der Waals surface area (Å²) in [7, 11) is 0. The minimum absolute atomic E-state index is 0. The summed E-state index contributed by atoms with van der Waals surface area (Å²) in [5, 5.41) is 19.2. The number of hydrogen-bond donors (Lipinski definition) is 0. The Hall–Kier alpha value is 0.0648. The smallest absolute Gasteiger partial charge is 0.549 e. The van der Waals surface area contributed by atoms with Crippen LogP contribution in [0.15, 0.2) is 0 Å². The standard InChI is InChI=1S/C4H5FO4.2Li/c5-1-2(3(6)7)4(8)9;;/h2H,1H2,(H,6,7)(H,8,9);;/q;2*+1/p-2. The van der Waals surface area contributed by atoms with Crippen LogP contribution in [-0.2, 0) is 9.59 Å². The molecule has 0 amide bonds. The summed E-state index contributed by atoms with van der Waals surface area (Å²) in [5.41, 5.74) is 0. The van der Waals surface area contributed by atoms with Crippen LogP contribution in [0.3, 0.4) is 0 Å². The fourth-order valence-corrected chi connectivity index (χ4v) is 0.222. The second-order valence-electron chi connectivity index (χ2n) is 1.34. The van der Waals surface area contributed by atoms with Crippen LogP contribution in [0.5, 0.6) is 0 Å². The molecule has 0 unspecified atom stereocenters. The SMILES string of the molecule is O=C([O-])C(CF)C(=O)[O-].[Li+].[Li+]. The van der Waals surface area contributed by atoms with Crippen molar-refractivity contribution < 1.29 is 61.9 Å². The molecule has 0 spiro atoms. The molecular weight excluding hydrogens is 145 g/mol. The molecule has 0 aromatic carbocycles. The topological polar surface area (TPSA) is 80.3 Å². The molecule has 0 aliphatic carbocycles. The molecule has 0 fully saturated rings. The van der Waals surface area contributed by atoms with E-state index in [1.54, 1.807) is 0 Å². The van der Waals surface area contributed by atoms with Crippen LogP contribution in [0, 0.1) is 5.92 Å². The summed E-state index contributed by atoms with van der Waals surface area (Å²) in [5.74, 6) is -6.06. The van der Waals surface area contributed by atoms with Gasteiger partial charge in [-0.25, -0.2) is 4.39 Å². The molecule has 0 aliphatic heterocycles. The first-order valence-electron chi connectivity index (χ1n) is 2.07. The van der Waals surface area contributed by atoms with Crippen molar-refractivity contribution in [2.75, 3.05) is 6.67 Å². The van der Waals surface area contributed by atoms with Crippen LogP contribution in [0.25, 0.3) is 0 Å². The molecule has 0 saturated carbocycles. The third-order valence-corrected chi connectivity index (χ3v) is 0.723. The van der Waals surface area contributed by atoms with E-state index < -0.39 is 24.5 Å². The van der Waals surface area contributed by atoms with Crippen molar-refractivity contribution in [1.82, 2.24) is 0 Å². The number of carbonyl (C=O) groups is 2. The maximum atomic E-state index is 11.3. The van der Waals surface area contributed by atoms with E-state index in [2.05, 4.69) is 0 Å². The third-order valence-electron chi connectivity index (χ3n) is 0.723. The van der Waals surface area contributed by atoms with Gasteiger partial charge >= 0.3 is 37.7 Å². The molecule has 52 valence electrons. The van der Waals surface area contributed by atoms with Gasteiger partial charge in [-0.05, 0) is 0 Å². The minimum Gasteiger partial charge on any atom is -0.549 e. The molecule has 4 nitrogen and oxygen atoms in total. The Morgan fingerprint density at radius 2 is 1.45 bits per heavy atom. The van der Waals surface area contributed by atoms with Gasteiger partial charge in [0.1, 0.15) is 6.67 Å². The summed E-state index contributed by atoms with van der Waals surface area (Å²) in [6, 6.07) is 0. The van der Waals surface area contributed by atoms with Crippen molar-refractivity contribution in [2.24, 2.45) is 5.92 Å². The number of halogens is 1. The number of rotatable bonds is 3. The van der Waals surface area contributed by atoms with Crippen LogP contribution >= 0.6 is 0 Å². The predicted octanol–water partition coefficient (Wildman–Crippen LogP) is -8.92. The van der Waals surface area contributed by atoms with E-state index >= 15 is 0 Å². The summed E-state index contributed by atoms with van der Waals surface area (Å²) in [6.07, 6.45) is 0. The Labute approximate surface area is 86.5 Å². The molecule has 11 heavy (non-hydrogen) atoms.